The van der Waals surface area contributed by atoms with E-state index in [1.54, 1.807) is 29.3 Å². The van der Waals surface area contributed by atoms with E-state index in [2.05, 4.69) is 20.7 Å². The largest absolute Gasteiger partial charge is 0.350 e. The molecule has 0 aliphatic rings. The third-order valence-electron chi connectivity index (χ3n) is 3.84. The Kier molecular flexibility index (Phi) is 5.54. The van der Waals surface area contributed by atoms with Gasteiger partial charge in [0.25, 0.3) is 5.91 Å². The molecule has 0 saturated carbocycles. The van der Waals surface area contributed by atoms with Gasteiger partial charge in [0.05, 0.1) is 17.8 Å². The van der Waals surface area contributed by atoms with E-state index in [4.69, 9.17) is 0 Å². The lowest BCUT2D eigenvalue weighted by Crippen LogP contribution is -2.45. The molecule has 2 heterocycles. The van der Waals surface area contributed by atoms with E-state index in [0.717, 1.165) is 11.3 Å². The summed E-state index contributed by atoms with van der Waals surface area (Å²) < 4.78 is 1.65. The molecule has 3 aromatic rings. The summed E-state index contributed by atoms with van der Waals surface area (Å²) in [6.45, 7) is 5.55. The third kappa shape index (κ3) is 4.82. The molecule has 1 aromatic carbocycles. The van der Waals surface area contributed by atoms with Crippen LogP contribution in [0.5, 0.6) is 0 Å². The van der Waals surface area contributed by atoms with E-state index < -0.39 is 0 Å². The van der Waals surface area contributed by atoms with Crippen molar-refractivity contribution in [2.45, 2.75) is 26.3 Å². The highest BCUT2D eigenvalue weighted by atomic mass is 16.2. The van der Waals surface area contributed by atoms with E-state index in [1.165, 1.54) is 0 Å². The first kappa shape index (κ1) is 19.3. The van der Waals surface area contributed by atoms with Crippen LogP contribution in [-0.2, 0) is 4.79 Å². The molecule has 0 atom stereocenters. The highest BCUT2D eigenvalue weighted by molar-refractivity contribution is 6.01. The van der Waals surface area contributed by atoms with Crippen molar-refractivity contribution in [2.24, 2.45) is 0 Å². The van der Waals surface area contributed by atoms with Crippen LogP contribution in [0, 0.1) is 0 Å². The molecule has 2 aromatic heterocycles. The van der Waals surface area contributed by atoms with Crippen molar-refractivity contribution >= 4 is 11.8 Å². The van der Waals surface area contributed by atoms with Crippen LogP contribution in [0.15, 0.2) is 61.1 Å². The van der Waals surface area contributed by atoms with Crippen LogP contribution in [0.1, 0.15) is 31.1 Å². The summed E-state index contributed by atoms with van der Waals surface area (Å²) >= 11 is 0. The molecular weight excluding hydrogens is 354 g/mol. The van der Waals surface area contributed by atoms with Crippen LogP contribution in [0.25, 0.3) is 16.9 Å². The zero-order valence-electron chi connectivity index (χ0n) is 16.1. The number of benzene rings is 1. The van der Waals surface area contributed by atoms with Crippen LogP contribution in [-0.4, -0.2) is 38.7 Å². The lowest BCUT2D eigenvalue weighted by Gasteiger charge is -2.20. The van der Waals surface area contributed by atoms with Gasteiger partial charge in [-0.3, -0.25) is 14.6 Å². The maximum absolute atomic E-state index is 12.8. The van der Waals surface area contributed by atoms with Gasteiger partial charge in [-0.15, -0.1) is 0 Å². The molecule has 0 aliphatic carbocycles. The maximum atomic E-state index is 12.8. The number of carbonyl (C=O) groups excluding carboxylic acids is 2. The minimum absolute atomic E-state index is 0.112. The van der Waals surface area contributed by atoms with Gasteiger partial charge in [-0.1, -0.05) is 18.2 Å². The van der Waals surface area contributed by atoms with Crippen LogP contribution in [0.4, 0.5) is 0 Å². The number of para-hydroxylation sites is 1. The van der Waals surface area contributed by atoms with Gasteiger partial charge < -0.3 is 10.6 Å². The maximum Gasteiger partial charge on any atom is 0.255 e. The van der Waals surface area contributed by atoms with Gasteiger partial charge in [-0.05, 0) is 45.0 Å². The van der Waals surface area contributed by atoms with Crippen molar-refractivity contribution in [1.82, 2.24) is 25.4 Å². The molecule has 0 radical (unpaired) electrons. The molecule has 0 bridgehead atoms. The Balaban J connectivity index is 1.87. The average molecular weight is 377 g/mol. The highest BCUT2D eigenvalue weighted by Gasteiger charge is 2.20. The number of aromatic nitrogens is 3. The number of amides is 2. The topological polar surface area (TPSA) is 88.9 Å². The second-order valence-corrected chi connectivity index (χ2v) is 7.39. The Bertz CT molecular complexity index is 959. The van der Waals surface area contributed by atoms with Crippen molar-refractivity contribution in [1.29, 1.82) is 0 Å². The van der Waals surface area contributed by atoms with Crippen LogP contribution in [0.3, 0.4) is 0 Å². The summed E-state index contributed by atoms with van der Waals surface area (Å²) in [5, 5.41) is 10.1. The van der Waals surface area contributed by atoms with Crippen molar-refractivity contribution < 1.29 is 9.59 Å². The van der Waals surface area contributed by atoms with Gasteiger partial charge in [-0.2, -0.15) is 5.10 Å². The molecular formula is C21H23N5O2. The molecule has 2 amide bonds. The van der Waals surface area contributed by atoms with E-state index in [-0.39, 0.29) is 23.9 Å². The van der Waals surface area contributed by atoms with Gasteiger partial charge in [0.1, 0.15) is 5.69 Å². The molecule has 0 unspecified atom stereocenters. The van der Waals surface area contributed by atoms with Crippen LogP contribution in [0.2, 0.25) is 0 Å². The van der Waals surface area contributed by atoms with E-state index >= 15 is 0 Å². The first-order valence-corrected chi connectivity index (χ1v) is 8.98. The van der Waals surface area contributed by atoms with Gasteiger partial charge >= 0.3 is 0 Å². The van der Waals surface area contributed by atoms with Gasteiger partial charge in [0.2, 0.25) is 5.91 Å². The first-order chi connectivity index (χ1) is 13.3. The normalized spacial score (nSPS) is 11.1. The molecule has 2 N–H and O–H groups in total. The number of carbonyl (C=O) groups is 2. The Morgan fingerprint density at radius 1 is 1.07 bits per heavy atom. The Hall–Kier alpha value is -3.48. The molecule has 0 fully saturated rings. The van der Waals surface area contributed by atoms with Crippen molar-refractivity contribution in [3.63, 3.8) is 0 Å². The van der Waals surface area contributed by atoms with E-state index in [1.807, 2.05) is 57.2 Å². The smallest absolute Gasteiger partial charge is 0.255 e. The molecule has 3 rings (SSSR count). The fourth-order valence-electron chi connectivity index (χ4n) is 2.69. The summed E-state index contributed by atoms with van der Waals surface area (Å²) in [7, 11) is 0. The molecule has 0 saturated heterocycles. The zero-order valence-corrected chi connectivity index (χ0v) is 16.1. The minimum Gasteiger partial charge on any atom is -0.350 e. The van der Waals surface area contributed by atoms with Gasteiger partial charge in [0, 0.05) is 29.7 Å². The second kappa shape index (κ2) is 8.04. The number of nitrogens with zero attached hydrogens (tertiary/aromatic N) is 3. The fourth-order valence-corrected chi connectivity index (χ4v) is 2.69. The standard InChI is InChI=1S/C21H23N5O2/c1-21(2,3)24-18(27)13-23-20(28)17-14-26(16-9-5-4-6-10-16)25-19(17)15-8-7-11-22-12-15/h4-12,14H,13H2,1-3H3,(H,23,28)(H,24,27). The number of pyridine rings is 1. The second-order valence-electron chi connectivity index (χ2n) is 7.39. The number of hydrogen-bond donors (Lipinski definition) is 2. The molecule has 0 aliphatic heterocycles. The lowest BCUT2D eigenvalue weighted by molar-refractivity contribution is -0.121. The van der Waals surface area contributed by atoms with E-state index in [0.29, 0.717) is 11.3 Å². The van der Waals surface area contributed by atoms with Crippen LogP contribution >= 0.6 is 0 Å². The first-order valence-electron chi connectivity index (χ1n) is 8.98. The number of hydrogen-bond acceptors (Lipinski definition) is 4. The van der Waals surface area contributed by atoms with Crippen molar-refractivity contribution in [3.8, 4) is 16.9 Å². The number of rotatable bonds is 5. The summed E-state index contributed by atoms with van der Waals surface area (Å²) in [6.07, 6.45) is 4.98. The Morgan fingerprint density at radius 3 is 2.46 bits per heavy atom. The molecule has 144 valence electrons. The predicted octanol–water partition coefficient (Wildman–Crippen LogP) is 2.58. The van der Waals surface area contributed by atoms with Gasteiger partial charge in [0.15, 0.2) is 0 Å². The Labute approximate surface area is 163 Å². The summed E-state index contributed by atoms with van der Waals surface area (Å²) in [5.74, 6) is -0.621. The fraction of sp³-hybridized carbons (Fsp3) is 0.238. The highest BCUT2D eigenvalue weighted by Crippen LogP contribution is 2.23. The SMILES string of the molecule is CC(C)(C)NC(=O)CNC(=O)c1cn(-c2ccccc2)nc1-c1cccnc1. The number of nitrogens with one attached hydrogen (secondary N) is 2. The monoisotopic (exact) mass is 377 g/mol. The summed E-state index contributed by atoms with van der Waals surface area (Å²) in [6, 6.07) is 13.1. The Morgan fingerprint density at radius 2 is 1.82 bits per heavy atom. The van der Waals surface area contributed by atoms with Crippen molar-refractivity contribution in [2.75, 3.05) is 6.54 Å². The third-order valence-corrected chi connectivity index (χ3v) is 3.84. The quantitative estimate of drug-likeness (QED) is 0.715. The van der Waals surface area contributed by atoms with Gasteiger partial charge in [-0.25, -0.2) is 4.68 Å². The minimum atomic E-state index is -0.370. The zero-order chi connectivity index (χ0) is 20.1. The van der Waals surface area contributed by atoms with Crippen molar-refractivity contribution in [3.05, 3.63) is 66.6 Å². The van der Waals surface area contributed by atoms with E-state index in [9.17, 15) is 9.59 Å². The predicted molar refractivity (Wildman–Crippen MR) is 107 cm³/mol. The summed E-state index contributed by atoms with van der Waals surface area (Å²) in [4.78, 5) is 28.9. The molecule has 28 heavy (non-hydrogen) atoms. The molecule has 7 heteroatoms. The molecule has 0 spiro atoms. The lowest BCUT2D eigenvalue weighted by atomic mass is 10.1. The molecule has 7 nitrogen and oxygen atoms in total. The average Bonchev–Trinajstić information content (AvgIpc) is 3.12. The van der Waals surface area contributed by atoms with Crippen LogP contribution < -0.4 is 10.6 Å². The summed E-state index contributed by atoms with van der Waals surface area (Å²) in [5.41, 5.74) is 2.07.